The molecule has 0 aliphatic rings. The molecule has 0 unspecified atom stereocenters. The van der Waals surface area contributed by atoms with Crippen molar-refractivity contribution in [3.63, 3.8) is 0 Å². The summed E-state index contributed by atoms with van der Waals surface area (Å²) < 4.78 is 4.41. The lowest BCUT2D eigenvalue weighted by Crippen LogP contribution is -1.99. The molecule has 0 spiro atoms. The van der Waals surface area contributed by atoms with Crippen molar-refractivity contribution in [1.29, 1.82) is 15.8 Å². The van der Waals surface area contributed by atoms with Crippen LogP contribution in [0.5, 0.6) is 0 Å². The van der Waals surface area contributed by atoms with Crippen LogP contribution in [0.2, 0.25) is 0 Å². The number of hydrogen-bond acceptors (Lipinski definition) is 3. The number of nitrogens with zero attached hydrogens (tertiary/aromatic N) is 5. The van der Waals surface area contributed by atoms with Gasteiger partial charge in [-0.1, -0.05) is 54.6 Å². The van der Waals surface area contributed by atoms with Gasteiger partial charge in [0.15, 0.2) is 0 Å². The van der Waals surface area contributed by atoms with Crippen LogP contribution in [0.3, 0.4) is 0 Å². The lowest BCUT2D eigenvalue weighted by Gasteiger charge is -2.16. The van der Waals surface area contributed by atoms with Crippen LogP contribution in [0.25, 0.3) is 66.1 Å². The maximum Gasteiger partial charge on any atom is 0.0992 e. The Morgan fingerprint density at radius 3 is 1.52 bits per heavy atom. The van der Waals surface area contributed by atoms with Crippen LogP contribution in [0, 0.1) is 34.0 Å². The van der Waals surface area contributed by atoms with E-state index < -0.39 is 0 Å². The van der Waals surface area contributed by atoms with Gasteiger partial charge in [0.2, 0.25) is 0 Å². The van der Waals surface area contributed by atoms with Gasteiger partial charge in [-0.15, -0.1) is 0 Å². The molecule has 202 valence electrons. The maximum atomic E-state index is 10.2. The molecule has 0 saturated carbocycles. The van der Waals surface area contributed by atoms with Gasteiger partial charge in [0.1, 0.15) is 0 Å². The topological polar surface area (TPSA) is 81.2 Å². The Bertz CT molecular complexity index is 2470. The summed E-state index contributed by atoms with van der Waals surface area (Å²) in [5.74, 6) is 0. The molecule has 0 radical (unpaired) electrons. The number of fused-ring (bicyclic) bond motifs is 6. The zero-order chi connectivity index (χ0) is 29.8. The highest BCUT2D eigenvalue weighted by Gasteiger charge is 2.18. The van der Waals surface area contributed by atoms with Crippen LogP contribution in [0.15, 0.2) is 127 Å². The summed E-state index contributed by atoms with van der Waals surface area (Å²) in [7, 11) is 0. The monoisotopic (exact) mass is 559 g/mol. The minimum atomic E-state index is 0.534. The molecule has 44 heavy (non-hydrogen) atoms. The van der Waals surface area contributed by atoms with Crippen molar-refractivity contribution >= 4 is 43.6 Å². The van der Waals surface area contributed by atoms with E-state index in [-0.39, 0.29) is 0 Å². The molecule has 0 aliphatic heterocycles. The number of nitriles is 3. The molecule has 0 N–H and O–H groups in total. The number of rotatable bonds is 3. The fourth-order valence-corrected chi connectivity index (χ4v) is 6.50. The van der Waals surface area contributed by atoms with Crippen molar-refractivity contribution in [2.75, 3.05) is 0 Å². The van der Waals surface area contributed by atoms with Gasteiger partial charge in [-0.3, -0.25) is 0 Å². The first-order chi connectivity index (χ1) is 21.7. The van der Waals surface area contributed by atoms with Gasteiger partial charge in [0.05, 0.1) is 62.7 Å². The van der Waals surface area contributed by atoms with Crippen LogP contribution < -0.4 is 0 Å². The number of hydrogen-bond donors (Lipinski definition) is 0. The Balaban J connectivity index is 1.42. The molecule has 0 saturated heterocycles. The summed E-state index contributed by atoms with van der Waals surface area (Å²) in [5, 5.41) is 33.5. The molecular formula is C39H21N5. The molecule has 5 heteroatoms. The van der Waals surface area contributed by atoms with E-state index in [1.54, 1.807) is 12.1 Å². The van der Waals surface area contributed by atoms with E-state index >= 15 is 0 Å². The summed E-state index contributed by atoms with van der Waals surface area (Å²) in [4.78, 5) is 0. The zero-order valence-electron chi connectivity index (χ0n) is 23.4. The van der Waals surface area contributed by atoms with Crippen LogP contribution in [-0.4, -0.2) is 9.13 Å². The largest absolute Gasteiger partial charge is 0.309 e. The third kappa shape index (κ3) is 3.70. The average Bonchev–Trinajstić information content (AvgIpc) is 3.60. The molecule has 0 aliphatic carbocycles. The predicted molar refractivity (Wildman–Crippen MR) is 175 cm³/mol. The molecule has 0 atom stereocenters. The van der Waals surface area contributed by atoms with Gasteiger partial charge in [-0.2, -0.15) is 15.8 Å². The lowest BCUT2D eigenvalue weighted by molar-refractivity contribution is 1.17. The Morgan fingerprint density at radius 1 is 0.409 bits per heavy atom. The summed E-state index contributed by atoms with van der Waals surface area (Å²) in [5.41, 5.74) is 9.39. The SMILES string of the molecule is N#Cc1cc(-c2ccccc2-n2c3ccccc3c3ccccc32)cc(-n2c3ccc(C#N)cc3c3cc(C#N)ccc32)c1. The Morgan fingerprint density at radius 2 is 0.932 bits per heavy atom. The molecular weight excluding hydrogens is 538 g/mol. The molecule has 2 aromatic heterocycles. The minimum absolute atomic E-state index is 0.534. The van der Waals surface area contributed by atoms with E-state index in [9.17, 15) is 15.8 Å². The first kappa shape index (κ1) is 25.1. The van der Waals surface area contributed by atoms with Crippen LogP contribution in [0.1, 0.15) is 16.7 Å². The maximum absolute atomic E-state index is 10.2. The third-order valence-electron chi connectivity index (χ3n) is 8.36. The van der Waals surface area contributed by atoms with Gasteiger partial charge in [0.25, 0.3) is 0 Å². The summed E-state index contributed by atoms with van der Waals surface area (Å²) >= 11 is 0. The van der Waals surface area contributed by atoms with Gasteiger partial charge in [-0.05, 0) is 78.4 Å². The lowest BCUT2D eigenvalue weighted by atomic mass is 10.00. The van der Waals surface area contributed by atoms with Crippen molar-refractivity contribution in [3.8, 4) is 40.7 Å². The second-order valence-electron chi connectivity index (χ2n) is 10.8. The first-order valence-electron chi connectivity index (χ1n) is 14.2. The highest BCUT2D eigenvalue weighted by Crippen LogP contribution is 2.38. The van der Waals surface area contributed by atoms with Crippen LogP contribution >= 0.6 is 0 Å². The van der Waals surface area contributed by atoms with Crippen molar-refractivity contribution in [1.82, 2.24) is 9.13 Å². The number of para-hydroxylation sites is 3. The highest BCUT2D eigenvalue weighted by molar-refractivity contribution is 6.11. The second kappa shape index (κ2) is 9.74. The van der Waals surface area contributed by atoms with Gasteiger partial charge >= 0.3 is 0 Å². The smallest absolute Gasteiger partial charge is 0.0992 e. The molecule has 0 amide bonds. The fourth-order valence-electron chi connectivity index (χ4n) is 6.50. The summed E-state index contributed by atoms with van der Waals surface area (Å²) in [6.07, 6.45) is 0. The fraction of sp³-hybridized carbons (Fsp3) is 0. The van der Waals surface area contributed by atoms with Gasteiger partial charge in [0, 0.05) is 32.8 Å². The van der Waals surface area contributed by atoms with Crippen molar-refractivity contribution in [2.45, 2.75) is 0 Å². The zero-order valence-corrected chi connectivity index (χ0v) is 23.4. The van der Waals surface area contributed by atoms with Gasteiger partial charge in [-0.25, -0.2) is 0 Å². The Labute approximate surface area is 252 Å². The van der Waals surface area contributed by atoms with Crippen LogP contribution in [-0.2, 0) is 0 Å². The normalized spacial score (nSPS) is 11.1. The quantitative estimate of drug-likeness (QED) is 0.216. The first-order valence-corrected chi connectivity index (χ1v) is 14.2. The average molecular weight is 560 g/mol. The summed E-state index contributed by atoms with van der Waals surface area (Å²) in [6.45, 7) is 0. The van der Waals surface area contributed by atoms with Crippen molar-refractivity contribution < 1.29 is 0 Å². The van der Waals surface area contributed by atoms with E-state index in [2.05, 4.69) is 94.1 Å². The minimum Gasteiger partial charge on any atom is -0.309 e. The summed E-state index contributed by atoms with van der Waals surface area (Å²) in [6, 6.07) is 49.1. The van der Waals surface area contributed by atoms with Crippen LogP contribution in [0.4, 0.5) is 0 Å². The van der Waals surface area contributed by atoms with Crippen molar-refractivity contribution in [2.24, 2.45) is 0 Å². The van der Waals surface area contributed by atoms with Gasteiger partial charge < -0.3 is 9.13 Å². The van der Waals surface area contributed by atoms with Crippen molar-refractivity contribution in [3.05, 3.63) is 144 Å². The Kier molecular flexibility index (Phi) is 5.56. The highest BCUT2D eigenvalue weighted by atomic mass is 15.0. The standard InChI is InChI=1S/C39H21N5/c40-22-25-13-15-38-33(19-25)34-20-26(23-41)14-16-39(34)43(38)29-18-27(24-42)17-28(21-29)30-7-1-4-10-35(30)44-36-11-5-2-8-31(36)32-9-3-6-12-37(32)44/h1-21H. The molecule has 2 heterocycles. The van der Waals surface area contributed by atoms with E-state index in [0.717, 1.165) is 55.3 Å². The molecule has 8 rings (SSSR count). The van der Waals surface area contributed by atoms with E-state index in [1.165, 1.54) is 10.8 Å². The number of aromatic nitrogens is 2. The third-order valence-corrected chi connectivity index (χ3v) is 8.36. The molecule has 8 aromatic rings. The Hall–Kier alpha value is -6.61. The van der Waals surface area contributed by atoms with E-state index in [4.69, 9.17) is 0 Å². The molecule has 0 bridgehead atoms. The molecule has 5 nitrogen and oxygen atoms in total. The van der Waals surface area contributed by atoms with E-state index in [0.29, 0.717) is 16.7 Å². The predicted octanol–water partition coefficient (Wildman–Crippen LogP) is 9.16. The second-order valence-corrected chi connectivity index (χ2v) is 10.8. The number of benzene rings is 6. The molecule has 6 aromatic carbocycles. The molecule has 0 fully saturated rings. The van der Waals surface area contributed by atoms with E-state index in [1.807, 2.05) is 48.5 Å².